The fraction of sp³-hybridized carbons (Fsp3) is 1.00. The maximum atomic E-state index is 12.4. The molecule has 0 aromatic carbocycles. The maximum absolute atomic E-state index is 12.4. The van der Waals surface area contributed by atoms with Crippen molar-refractivity contribution in [1.29, 1.82) is 0 Å². The standard InChI is InChI=1S/C7H13FO6/c8-1-7(14)5(12)3(10)2(9)4(11)6(7)13/h2-6,9-14H,1H2/t2?,3-,4+,5+,6-,7?. The summed E-state index contributed by atoms with van der Waals surface area (Å²) >= 11 is 0. The molecule has 0 saturated heterocycles. The molecule has 7 heteroatoms. The Morgan fingerprint density at radius 1 is 0.857 bits per heavy atom. The van der Waals surface area contributed by atoms with Crippen molar-refractivity contribution in [1.82, 2.24) is 0 Å². The van der Waals surface area contributed by atoms with Gasteiger partial charge in [0.1, 0.15) is 42.8 Å². The van der Waals surface area contributed by atoms with Crippen molar-refractivity contribution < 1.29 is 35.0 Å². The first-order valence-electron chi connectivity index (χ1n) is 4.05. The van der Waals surface area contributed by atoms with Gasteiger partial charge in [-0.15, -0.1) is 0 Å². The third-order valence-corrected chi connectivity index (χ3v) is 2.59. The van der Waals surface area contributed by atoms with Gasteiger partial charge in [0.15, 0.2) is 0 Å². The van der Waals surface area contributed by atoms with Crippen molar-refractivity contribution in [3.8, 4) is 0 Å². The first-order valence-corrected chi connectivity index (χ1v) is 4.05. The van der Waals surface area contributed by atoms with Gasteiger partial charge < -0.3 is 30.6 Å². The number of aliphatic hydroxyl groups excluding tert-OH is 5. The van der Waals surface area contributed by atoms with Crippen molar-refractivity contribution in [2.24, 2.45) is 0 Å². The van der Waals surface area contributed by atoms with Crippen LogP contribution in [-0.2, 0) is 0 Å². The predicted octanol–water partition coefficient (Wildman–Crippen LogP) is -3.49. The SMILES string of the molecule is OC1[C@@H](O)[C@H](O)C(O)(CF)[C@H](O)[C@H]1O. The Morgan fingerprint density at radius 2 is 1.21 bits per heavy atom. The van der Waals surface area contributed by atoms with Crippen LogP contribution in [-0.4, -0.2) is 73.4 Å². The molecule has 0 aliphatic heterocycles. The molecule has 6 nitrogen and oxygen atoms in total. The van der Waals surface area contributed by atoms with Gasteiger partial charge in [-0.25, -0.2) is 4.39 Å². The van der Waals surface area contributed by atoms with Crippen LogP contribution in [0.25, 0.3) is 0 Å². The van der Waals surface area contributed by atoms with Crippen LogP contribution in [0.15, 0.2) is 0 Å². The molecule has 0 spiro atoms. The molecule has 1 rings (SSSR count). The summed E-state index contributed by atoms with van der Waals surface area (Å²) in [4.78, 5) is 0. The van der Waals surface area contributed by atoms with E-state index in [0.717, 1.165) is 0 Å². The molecule has 14 heavy (non-hydrogen) atoms. The second kappa shape index (κ2) is 3.69. The van der Waals surface area contributed by atoms with Crippen LogP contribution in [0.5, 0.6) is 0 Å². The van der Waals surface area contributed by atoms with Crippen molar-refractivity contribution >= 4 is 0 Å². The Labute approximate surface area is 78.9 Å². The smallest absolute Gasteiger partial charge is 0.150 e. The lowest BCUT2D eigenvalue weighted by Crippen LogP contribution is -2.71. The van der Waals surface area contributed by atoms with E-state index in [4.69, 9.17) is 15.3 Å². The molecule has 1 fully saturated rings. The molecule has 1 saturated carbocycles. The van der Waals surface area contributed by atoms with E-state index in [1.54, 1.807) is 0 Å². The molecule has 0 aromatic heterocycles. The Morgan fingerprint density at radius 3 is 1.50 bits per heavy atom. The molecule has 0 amide bonds. The fourth-order valence-electron chi connectivity index (χ4n) is 1.50. The Balaban J connectivity index is 2.98. The first-order chi connectivity index (χ1) is 6.36. The quantitative estimate of drug-likeness (QED) is 0.268. The summed E-state index contributed by atoms with van der Waals surface area (Å²) in [6.45, 7) is -1.55. The van der Waals surface area contributed by atoms with Gasteiger partial charge >= 0.3 is 0 Å². The number of rotatable bonds is 1. The highest BCUT2D eigenvalue weighted by molar-refractivity contribution is 5.08. The van der Waals surface area contributed by atoms with E-state index < -0.39 is 42.8 Å². The van der Waals surface area contributed by atoms with Gasteiger partial charge in [0.05, 0.1) is 0 Å². The molecule has 2 unspecified atom stereocenters. The molecule has 0 aromatic rings. The van der Waals surface area contributed by atoms with Crippen molar-refractivity contribution in [2.75, 3.05) is 6.67 Å². The molecule has 1 aliphatic carbocycles. The topological polar surface area (TPSA) is 121 Å². The molecule has 84 valence electrons. The molecule has 1 aliphatic rings. The average Bonchev–Trinajstić information content (AvgIpc) is 2.21. The minimum Gasteiger partial charge on any atom is -0.387 e. The van der Waals surface area contributed by atoms with Gasteiger partial charge in [-0.3, -0.25) is 0 Å². The van der Waals surface area contributed by atoms with E-state index in [1.807, 2.05) is 0 Å². The minimum atomic E-state index is -2.65. The Bertz CT molecular complexity index is 196. The van der Waals surface area contributed by atoms with E-state index in [-0.39, 0.29) is 0 Å². The molecule has 0 radical (unpaired) electrons. The summed E-state index contributed by atoms with van der Waals surface area (Å²) in [5.41, 5.74) is -2.65. The zero-order valence-electron chi connectivity index (χ0n) is 7.16. The second-order valence-corrected chi connectivity index (χ2v) is 3.49. The summed E-state index contributed by atoms with van der Waals surface area (Å²) in [6.07, 6.45) is -9.75. The molecule has 6 atom stereocenters. The van der Waals surface area contributed by atoms with Crippen LogP contribution in [0.4, 0.5) is 4.39 Å². The summed E-state index contributed by atoms with van der Waals surface area (Å²) < 4.78 is 12.4. The number of alkyl halides is 1. The van der Waals surface area contributed by atoms with E-state index in [9.17, 15) is 19.7 Å². The summed E-state index contributed by atoms with van der Waals surface area (Å²) in [5, 5.41) is 55.0. The van der Waals surface area contributed by atoms with E-state index >= 15 is 0 Å². The lowest BCUT2D eigenvalue weighted by Gasteiger charge is -2.46. The van der Waals surface area contributed by atoms with Crippen LogP contribution in [0.1, 0.15) is 0 Å². The Hall–Kier alpha value is -0.310. The highest BCUT2D eigenvalue weighted by atomic mass is 19.1. The summed E-state index contributed by atoms with van der Waals surface area (Å²) in [7, 11) is 0. The normalized spacial score (nSPS) is 54.6. The zero-order chi connectivity index (χ0) is 11.1. The number of halogens is 1. The number of aliphatic hydroxyl groups is 6. The summed E-state index contributed by atoms with van der Waals surface area (Å²) in [6, 6.07) is 0. The molecule has 0 heterocycles. The molecule has 6 N–H and O–H groups in total. The maximum Gasteiger partial charge on any atom is 0.150 e. The highest BCUT2D eigenvalue weighted by Gasteiger charge is 2.57. The van der Waals surface area contributed by atoms with Crippen LogP contribution >= 0.6 is 0 Å². The zero-order valence-corrected chi connectivity index (χ0v) is 7.16. The fourth-order valence-corrected chi connectivity index (χ4v) is 1.50. The van der Waals surface area contributed by atoms with Crippen molar-refractivity contribution in [3.05, 3.63) is 0 Å². The monoisotopic (exact) mass is 212 g/mol. The largest absolute Gasteiger partial charge is 0.387 e. The Kier molecular flexibility index (Phi) is 3.10. The van der Waals surface area contributed by atoms with Gasteiger partial charge in [0.25, 0.3) is 0 Å². The highest BCUT2D eigenvalue weighted by Crippen LogP contribution is 2.30. The summed E-state index contributed by atoms with van der Waals surface area (Å²) in [5.74, 6) is 0. The van der Waals surface area contributed by atoms with E-state index in [1.165, 1.54) is 0 Å². The van der Waals surface area contributed by atoms with E-state index in [0.29, 0.717) is 0 Å². The number of hydrogen-bond donors (Lipinski definition) is 6. The predicted molar refractivity (Wildman–Crippen MR) is 41.0 cm³/mol. The van der Waals surface area contributed by atoms with Gasteiger partial charge in [-0.1, -0.05) is 0 Å². The van der Waals surface area contributed by atoms with Gasteiger partial charge in [-0.2, -0.15) is 0 Å². The third-order valence-electron chi connectivity index (χ3n) is 2.59. The van der Waals surface area contributed by atoms with Crippen LogP contribution < -0.4 is 0 Å². The third kappa shape index (κ3) is 1.42. The molecular weight excluding hydrogens is 199 g/mol. The molecular formula is C7H13FO6. The van der Waals surface area contributed by atoms with E-state index in [2.05, 4.69) is 0 Å². The first kappa shape index (κ1) is 11.8. The van der Waals surface area contributed by atoms with Gasteiger partial charge in [-0.05, 0) is 0 Å². The van der Waals surface area contributed by atoms with Crippen LogP contribution in [0.2, 0.25) is 0 Å². The van der Waals surface area contributed by atoms with Crippen molar-refractivity contribution in [3.63, 3.8) is 0 Å². The van der Waals surface area contributed by atoms with Crippen molar-refractivity contribution in [2.45, 2.75) is 36.1 Å². The van der Waals surface area contributed by atoms with Gasteiger partial charge in [0, 0.05) is 0 Å². The molecule has 0 bridgehead atoms. The number of hydrogen-bond acceptors (Lipinski definition) is 6. The second-order valence-electron chi connectivity index (χ2n) is 3.49. The lowest BCUT2D eigenvalue weighted by molar-refractivity contribution is -0.271. The van der Waals surface area contributed by atoms with Gasteiger partial charge in [0.2, 0.25) is 0 Å². The average molecular weight is 212 g/mol. The minimum absolute atomic E-state index is 1.55. The lowest BCUT2D eigenvalue weighted by atomic mass is 9.75. The van der Waals surface area contributed by atoms with Crippen LogP contribution in [0, 0.1) is 0 Å². The van der Waals surface area contributed by atoms with Crippen LogP contribution in [0.3, 0.4) is 0 Å².